The second kappa shape index (κ2) is 11.0. The monoisotopic (exact) mass is 566 g/mol. The molecule has 214 valence electrons. The fourth-order valence-corrected chi connectivity index (χ4v) is 4.50. The zero-order chi connectivity index (χ0) is 28.5. The van der Waals surface area contributed by atoms with Crippen LogP contribution in [0.25, 0.3) is 0 Å². The number of rotatable bonds is 7. The molecular weight excluding hydrogens is 542 g/mol. The van der Waals surface area contributed by atoms with E-state index in [1.165, 1.54) is 16.7 Å². The summed E-state index contributed by atoms with van der Waals surface area (Å²) in [5.74, 6) is -1.17. The minimum Gasteiger partial charge on any atom is -0.486 e. The van der Waals surface area contributed by atoms with Crippen molar-refractivity contribution in [2.45, 2.75) is 56.5 Å². The van der Waals surface area contributed by atoms with Crippen LogP contribution < -0.4 is 15.2 Å². The highest BCUT2D eigenvalue weighted by Gasteiger charge is 2.42. The average molecular weight is 566 g/mol. The lowest BCUT2D eigenvalue weighted by Gasteiger charge is -2.40. The molecule has 0 spiro atoms. The van der Waals surface area contributed by atoms with Crippen molar-refractivity contribution >= 4 is 11.9 Å². The molecule has 0 aromatic carbocycles. The van der Waals surface area contributed by atoms with E-state index in [9.17, 15) is 41.0 Å². The van der Waals surface area contributed by atoms with Crippen LogP contribution in [0.3, 0.4) is 0 Å². The Morgan fingerprint density at radius 3 is 2.38 bits per heavy atom. The number of aliphatic hydroxyl groups excluding tert-OH is 1. The first-order valence-corrected chi connectivity index (χ1v) is 11.8. The highest BCUT2D eigenvalue weighted by atomic mass is 19.4. The Balaban J connectivity index is 1.30. The molecule has 0 unspecified atom stereocenters. The fourth-order valence-electron chi connectivity index (χ4n) is 4.50. The van der Waals surface area contributed by atoms with Gasteiger partial charge < -0.3 is 24.4 Å². The predicted molar refractivity (Wildman–Crippen MR) is 120 cm³/mol. The highest BCUT2D eigenvalue weighted by molar-refractivity contribution is 5.83. The maximum atomic E-state index is 13.2. The first-order chi connectivity index (χ1) is 18.3. The second-order valence-corrected chi connectivity index (χ2v) is 9.15. The van der Waals surface area contributed by atoms with Crippen molar-refractivity contribution in [1.82, 2.24) is 25.1 Å². The Morgan fingerprint density at radius 1 is 1.08 bits per heavy atom. The summed E-state index contributed by atoms with van der Waals surface area (Å²) in [5, 5.41) is 15.7. The van der Waals surface area contributed by atoms with Crippen molar-refractivity contribution in [3.8, 4) is 5.75 Å². The molecule has 0 bridgehead atoms. The first-order valence-electron chi connectivity index (χ1n) is 11.8. The molecule has 4 heterocycles. The molecule has 2 saturated heterocycles. The second-order valence-electron chi connectivity index (χ2n) is 9.15. The van der Waals surface area contributed by atoms with Gasteiger partial charge in [-0.15, -0.1) is 0 Å². The number of aliphatic hydroxyl groups is 1. The Hall–Kier alpha value is -3.47. The van der Waals surface area contributed by atoms with E-state index in [-0.39, 0.29) is 38.6 Å². The van der Waals surface area contributed by atoms with Crippen molar-refractivity contribution in [3.05, 3.63) is 40.1 Å². The average Bonchev–Trinajstić information content (AvgIpc) is 3.21. The molecule has 4 rings (SSSR count). The number of H-pyrrole nitrogens is 1. The van der Waals surface area contributed by atoms with Crippen LogP contribution in [-0.4, -0.2) is 86.7 Å². The molecule has 0 radical (unpaired) electrons. The molecular formula is C22H24F6N6O5. The summed E-state index contributed by atoms with van der Waals surface area (Å²) in [5.41, 5.74) is -3.98. The Bertz CT molecular complexity index is 1220. The number of ether oxygens (including phenoxy) is 2. The van der Waals surface area contributed by atoms with E-state index < -0.39 is 65.0 Å². The molecule has 11 nitrogen and oxygen atoms in total. The summed E-state index contributed by atoms with van der Waals surface area (Å²) in [4.78, 5) is 34.9. The van der Waals surface area contributed by atoms with E-state index in [0.29, 0.717) is 18.8 Å². The normalized spacial score (nSPS) is 23.3. The summed E-state index contributed by atoms with van der Waals surface area (Å²) in [7, 11) is 0. The third-order valence-corrected chi connectivity index (χ3v) is 6.35. The van der Waals surface area contributed by atoms with Crippen LogP contribution in [0.5, 0.6) is 5.75 Å². The van der Waals surface area contributed by atoms with Gasteiger partial charge in [-0.1, -0.05) is 0 Å². The fraction of sp³-hybridized carbons (Fsp3) is 0.591. The third-order valence-electron chi connectivity index (χ3n) is 6.35. The van der Waals surface area contributed by atoms with Gasteiger partial charge in [-0.2, -0.15) is 31.4 Å². The van der Waals surface area contributed by atoms with Gasteiger partial charge in [0.05, 0.1) is 30.5 Å². The van der Waals surface area contributed by atoms with Crippen molar-refractivity contribution in [1.29, 1.82) is 0 Å². The van der Waals surface area contributed by atoms with E-state index in [1.54, 1.807) is 5.10 Å². The van der Waals surface area contributed by atoms with Crippen molar-refractivity contribution in [2.24, 2.45) is 0 Å². The maximum absolute atomic E-state index is 13.2. The molecule has 2 aliphatic rings. The van der Waals surface area contributed by atoms with Gasteiger partial charge in [-0.25, -0.2) is 15.1 Å². The van der Waals surface area contributed by atoms with Crippen LogP contribution in [0.2, 0.25) is 0 Å². The van der Waals surface area contributed by atoms with Crippen LogP contribution in [0.1, 0.15) is 30.9 Å². The summed E-state index contributed by atoms with van der Waals surface area (Å²) in [6.45, 7) is 1.66. The van der Waals surface area contributed by atoms with Crippen LogP contribution in [0.4, 0.5) is 32.3 Å². The number of anilines is 1. The number of aromatic nitrogens is 4. The molecule has 0 saturated carbocycles. The number of piperidine rings is 1. The van der Waals surface area contributed by atoms with Crippen molar-refractivity contribution in [2.75, 3.05) is 31.1 Å². The molecule has 2 fully saturated rings. The van der Waals surface area contributed by atoms with Gasteiger partial charge in [0.15, 0.2) is 11.3 Å². The summed E-state index contributed by atoms with van der Waals surface area (Å²) >= 11 is 0. The molecule has 2 N–H and O–H groups in total. The number of hydrogen-bond acceptors (Lipinski definition) is 9. The van der Waals surface area contributed by atoms with E-state index in [0.717, 1.165) is 6.20 Å². The van der Waals surface area contributed by atoms with Gasteiger partial charge in [0.1, 0.15) is 12.2 Å². The quantitative estimate of drug-likeness (QED) is 0.480. The number of nitrogens with zero attached hydrogens (tertiary/aromatic N) is 5. The van der Waals surface area contributed by atoms with Gasteiger partial charge in [0, 0.05) is 38.4 Å². The van der Waals surface area contributed by atoms with E-state index >= 15 is 0 Å². The number of hydrogen-bond donors (Lipinski definition) is 2. The smallest absolute Gasteiger partial charge is 0.425 e. The number of carbonyl (C=O) groups is 1. The van der Waals surface area contributed by atoms with E-state index in [4.69, 9.17) is 9.47 Å². The topological polar surface area (TPSA) is 134 Å². The number of likely N-dealkylation sites (tertiary alicyclic amines) is 1. The molecule has 4 atom stereocenters. The van der Waals surface area contributed by atoms with E-state index in [2.05, 4.69) is 15.1 Å². The van der Waals surface area contributed by atoms with E-state index in [1.807, 2.05) is 0 Å². The lowest BCUT2D eigenvalue weighted by atomic mass is 10.0. The van der Waals surface area contributed by atoms with Crippen molar-refractivity contribution in [3.63, 3.8) is 0 Å². The Labute approximate surface area is 216 Å². The Morgan fingerprint density at radius 2 is 1.77 bits per heavy atom. The number of halogens is 6. The summed E-state index contributed by atoms with van der Waals surface area (Å²) in [6.07, 6.45) is -9.86. The highest BCUT2D eigenvalue weighted by Crippen LogP contribution is 2.33. The molecule has 2 aromatic rings. The lowest BCUT2D eigenvalue weighted by Crippen LogP contribution is -2.55. The Kier molecular flexibility index (Phi) is 8.02. The van der Waals surface area contributed by atoms with Crippen LogP contribution in [-0.2, 0) is 21.9 Å². The largest absolute Gasteiger partial charge is 0.486 e. The number of nitrogens with one attached hydrogen (secondary N) is 1. The molecule has 2 aliphatic heterocycles. The van der Waals surface area contributed by atoms with Gasteiger partial charge in [0.2, 0.25) is 5.95 Å². The lowest BCUT2D eigenvalue weighted by molar-refractivity contribution is -0.143. The summed E-state index contributed by atoms with van der Waals surface area (Å²) in [6, 6.07) is -0.582. The number of β-amino-alcohol motifs (C(OH)–C–C–N with tert-alkyl or cyclic N) is 1. The van der Waals surface area contributed by atoms with Crippen molar-refractivity contribution < 1.29 is 45.7 Å². The van der Waals surface area contributed by atoms with Gasteiger partial charge >= 0.3 is 12.4 Å². The molecule has 17 heteroatoms. The summed E-state index contributed by atoms with van der Waals surface area (Å²) < 4.78 is 88.6. The van der Waals surface area contributed by atoms with Crippen LogP contribution >= 0.6 is 0 Å². The molecule has 2 aromatic heterocycles. The molecule has 1 amide bonds. The van der Waals surface area contributed by atoms with Gasteiger partial charge in [0.25, 0.3) is 11.5 Å². The number of aromatic amines is 1. The molecule has 39 heavy (non-hydrogen) atoms. The zero-order valence-electron chi connectivity index (χ0n) is 20.4. The van der Waals surface area contributed by atoms with Crippen LogP contribution in [0, 0.1) is 0 Å². The van der Waals surface area contributed by atoms with Crippen LogP contribution in [0.15, 0.2) is 23.4 Å². The number of amides is 1. The number of carbonyl (C=O) groups excluding carboxylic acids is 1. The maximum Gasteiger partial charge on any atom is 0.425 e. The minimum absolute atomic E-state index is 0.0119. The zero-order valence-corrected chi connectivity index (χ0v) is 20.4. The van der Waals surface area contributed by atoms with Gasteiger partial charge in [-0.05, 0) is 13.3 Å². The predicted octanol–water partition coefficient (Wildman–Crippen LogP) is 1.62. The minimum atomic E-state index is -4.97. The number of alkyl halides is 6. The SMILES string of the molecule is C[C@@H](CO[C@@H]1CCN([C@H]2CCN(c3ncc(C(F)(F)F)cn3)C[C@H]2O)C1=O)Oc1cn[nH]c(=O)c1C(F)(F)F. The third kappa shape index (κ3) is 6.41. The standard InChI is InChI=1S/C22H24F6N6O5/c1-11(39-16-8-31-32-18(36)17(16)22(26,27)28)10-38-15-3-5-34(19(15)37)13-2-4-33(9-14(13)35)20-29-6-12(7-30-20)21(23,24)25/h6-8,11,13-15,35H,2-5,9-10H2,1H3,(H,32,36)/t11-,13-,14+,15+/m0/s1. The molecule has 0 aliphatic carbocycles. The van der Waals surface area contributed by atoms with Gasteiger partial charge in [-0.3, -0.25) is 9.59 Å². The first kappa shape index (κ1) is 28.5.